The summed E-state index contributed by atoms with van der Waals surface area (Å²) >= 11 is 0. The monoisotopic (exact) mass is 357 g/mol. The molecule has 2 aromatic carbocycles. The smallest absolute Gasteiger partial charge is 0.262 e. The number of nitrogens with one attached hydrogen (secondary N) is 1. The van der Waals surface area contributed by atoms with E-state index in [1.54, 1.807) is 36.4 Å². The fraction of sp³-hybridized carbons (Fsp3) is 0.263. The van der Waals surface area contributed by atoms with Gasteiger partial charge in [-0.05, 0) is 37.3 Å². The lowest BCUT2D eigenvalue weighted by molar-refractivity contribution is -0.118. The highest BCUT2D eigenvalue weighted by molar-refractivity contribution is 5.92. The minimum absolute atomic E-state index is 0.199. The topological polar surface area (TPSA) is 83.1 Å². The van der Waals surface area contributed by atoms with Crippen molar-refractivity contribution in [1.29, 1.82) is 0 Å². The summed E-state index contributed by atoms with van der Waals surface area (Å²) < 4.78 is 21.9. The zero-order valence-corrected chi connectivity index (χ0v) is 14.3. The van der Waals surface area contributed by atoms with Crippen molar-refractivity contribution in [2.45, 2.75) is 6.92 Å². The summed E-state index contributed by atoms with van der Waals surface area (Å²) in [7, 11) is 0. The van der Waals surface area contributed by atoms with Crippen LogP contribution < -0.4 is 24.3 Å². The fourth-order valence-corrected chi connectivity index (χ4v) is 2.45. The van der Waals surface area contributed by atoms with E-state index in [1.807, 2.05) is 6.92 Å². The number of carbonyl (C=O) groups excluding carboxylic acids is 2. The van der Waals surface area contributed by atoms with E-state index in [0.29, 0.717) is 54.1 Å². The maximum atomic E-state index is 12.1. The van der Waals surface area contributed by atoms with Crippen LogP contribution >= 0.6 is 0 Å². The molecule has 7 nitrogen and oxygen atoms in total. The van der Waals surface area contributed by atoms with Crippen LogP contribution in [-0.2, 0) is 4.79 Å². The van der Waals surface area contributed by atoms with Crippen molar-refractivity contribution in [3.63, 3.8) is 0 Å². The first kappa shape index (κ1) is 17.6. The van der Waals surface area contributed by atoms with Crippen LogP contribution in [-0.4, -0.2) is 38.6 Å². The first-order valence-electron chi connectivity index (χ1n) is 8.24. The van der Waals surface area contributed by atoms with Crippen LogP contribution in [0.1, 0.15) is 17.3 Å². The van der Waals surface area contributed by atoms with Crippen LogP contribution in [0.3, 0.4) is 0 Å². The third-order valence-corrected chi connectivity index (χ3v) is 3.59. The molecule has 2 aromatic rings. The van der Waals surface area contributed by atoms with Crippen molar-refractivity contribution in [1.82, 2.24) is 0 Å². The number of carbonyl (C=O) groups is 2. The molecule has 1 N–H and O–H groups in total. The molecule has 136 valence electrons. The molecular formula is C19H19NO6. The number of aldehydes is 1. The van der Waals surface area contributed by atoms with E-state index in [9.17, 15) is 9.59 Å². The second-order valence-electron chi connectivity index (χ2n) is 5.45. The van der Waals surface area contributed by atoms with Gasteiger partial charge < -0.3 is 24.3 Å². The molecule has 0 bridgehead atoms. The van der Waals surface area contributed by atoms with Crippen LogP contribution in [0.2, 0.25) is 0 Å². The van der Waals surface area contributed by atoms with E-state index < -0.39 is 0 Å². The number of hydrogen-bond acceptors (Lipinski definition) is 6. The lowest BCUT2D eigenvalue weighted by Gasteiger charge is -2.19. The number of hydrogen-bond donors (Lipinski definition) is 1. The van der Waals surface area contributed by atoms with Gasteiger partial charge in [-0.3, -0.25) is 9.59 Å². The van der Waals surface area contributed by atoms with Gasteiger partial charge in [0.25, 0.3) is 5.91 Å². The summed E-state index contributed by atoms with van der Waals surface area (Å²) in [5, 5.41) is 2.74. The van der Waals surface area contributed by atoms with Gasteiger partial charge in [-0.1, -0.05) is 0 Å². The zero-order valence-electron chi connectivity index (χ0n) is 14.3. The van der Waals surface area contributed by atoms with Gasteiger partial charge in [0.1, 0.15) is 19.5 Å². The third kappa shape index (κ3) is 4.24. The Morgan fingerprint density at radius 3 is 2.65 bits per heavy atom. The highest BCUT2D eigenvalue weighted by atomic mass is 16.6. The lowest BCUT2D eigenvalue weighted by Crippen LogP contribution is -2.21. The highest BCUT2D eigenvalue weighted by Gasteiger charge is 2.14. The molecule has 3 rings (SSSR count). The van der Waals surface area contributed by atoms with E-state index in [4.69, 9.17) is 18.9 Å². The Bertz CT molecular complexity index is 805. The van der Waals surface area contributed by atoms with Crippen LogP contribution in [0.5, 0.6) is 23.0 Å². The molecule has 0 unspecified atom stereocenters. The quantitative estimate of drug-likeness (QED) is 0.767. The highest BCUT2D eigenvalue weighted by Crippen LogP contribution is 2.32. The van der Waals surface area contributed by atoms with Crippen molar-refractivity contribution in [3.05, 3.63) is 42.0 Å². The number of rotatable bonds is 7. The van der Waals surface area contributed by atoms with E-state index in [0.717, 1.165) is 6.29 Å². The van der Waals surface area contributed by atoms with Gasteiger partial charge in [0.15, 0.2) is 29.6 Å². The molecule has 1 amide bonds. The Labute approximate surface area is 150 Å². The predicted molar refractivity (Wildman–Crippen MR) is 94.6 cm³/mol. The first-order valence-corrected chi connectivity index (χ1v) is 8.24. The molecule has 0 atom stereocenters. The molecule has 0 fully saturated rings. The normalized spacial score (nSPS) is 12.2. The summed E-state index contributed by atoms with van der Waals surface area (Å²) in [5.74, 6) is 1.74. The minimum atomic E-state index is -0.330. The molecule has 0 aliphatic carbocycles. The molecule has 1 heterocycles. The number of amides is 1. The molecule has 26 heavy (non-hydrogen) atoms. The van der Waals surface area contributed by atoms with Gasteiger partial charge in [0.2, 0.25) is 0 Å². The second kappa shape index (κ2) is 8.24. The molecule has 1 aliphatic heterocycles. The van der Waals surface area contributed by atoms with Crippen molar-refractivity contribution in [3.8, 4) is 23.0 Å². The van der Waals surface area contributed by atoms with Gasteiger partial charge in [-0.25, -0.2) is 0 Å². The Morgan fingerprint density at radius 1 is 1.08 bits per heavy atom. The third-order valence-electron chi connectivity index (χ3n) is 3.59. The van der Waals surface area contributed by atoms with Gasteiger partial charge in [0, 0.05) is 17.3 Å². The SMILES string of the molecule is CCOc1cc(C=O)ccc1OCC(=O)Nc1ccc2c(c1)OCCO2. The van der Waals surface area contributed by atoms with Crippen molar-refractivity contribution < 1.29 is 28.5 Å². The molecule has 7 heteroatoms. The Hall–Kier alpha value is -3.22. The largest absolute Gasteiger partial charge is 0.490 e. The predicted octanol–water partition coefficient (Wildman–Crippen LogP) is 2.69. The molecular weight excluding hydrogens is 338 g/mol. The second-order valence-corrected chi connectivity index (χ2v) is 5.45. The fourth-order valence-electron chi connectivity index (χ4n) is 2.45. The van der Waals surface area contributed by atoms with E-state index in [-0.39, 0.29) is 12.5 Å². The van der Waals surface area contributed by atoms with Crippen molar-refractivity contribution in [2.24, 2.45) is 0 Å². The van der Waals surface area contributed by atoms with E-state index in [2.05, 4.69) is 5.32 Å². The molecule has 0 saturated heterocycles. The van der Waals surface area contributed by atoms with Crippen LogP contribution in [0, 0.1) is 0 Å². The summed E-state index contributed by atoms with van der Waals surface area (Å²) in [5.41, 5.74) is 1.06. The molecule has 1 aliphatic rings. The Morgan fingerprint density at radius 2 is 1.88 bits per heavy atom. The summed E-state index contributed by atoms with van der Waals surface area (Å²) in [4.78, 5) is 23.0. The van der Waals surface area contributed by atoms with Crippen LogP contribution in [0.25, 0.3) is 0 Å². The summed E-state index contributed by atoms with van der Waals surface area (Å²) in [6.07, 6.45) is 0.723. The molecule has 0 spiro atoms. The average molecular weight is 357 g/mol. The standard InChI is InChI=1S/C19H19NO6/c1-2-23-17-9-13(11-21)3-5-16(17)26-12-19(22)20-14-4-6-15-18(10-14)25-8-7-24-15/h3-6,9-11H,2,7-8,12H2,1H3,(H,20,22). The van der Waals surface area contributed by atoms with Crippen LogP contribution in [0.15, 0.2) is 36.4 Å². The Kier molecular flexibility index (Phi) is 5.58. The summed E-state index contributed by atoms with van der Waals surface area (Å²) in [6.45, 7) is 3.03. The van der Waals surface area contributed by atoms with Gasteiger partial charge in [-0.2, -0.15) is 0 Å². The average Bonchev–Trinajstić information content (AvgIpc) is 2.67. The Balaban J connectivity index is 1.61. The van der Waals surface area contributed by atoms with E-state index in [1.165, 1.54) is 0 Å². The van der Waals surface area contributed by atoms with Crippen LogP contribution in [0.4, 0.5) is 5.69 Å². The maximum absolute atomic E-state index is 12.1. The van der Waals surface area contributed by atoms with E-state index >= 15 is 0 Å². The zero-order chi connectivity index (χ0) is 18.4. The number of anilines is 1. The van der Waals surface area contributed by atoms with Crippen molar-refractivity contribution >= 4 is 17.9 Å². The number of fused-ring (bicyclic) bond motifs is 1. The van der Waals surface area contributed by atoms with Gasteiger partial charge in [-0.15, -0.1) is 0 Å². The molecule has 0 saturated carbocycles. The maximum Gasteiger partial charge on any atom is 0.262 e. The van der Waals surface area contributed by atoms with Crippen molar-refractivity contribution in [2.75, 3.05) is 31.7 Å². The van der Waals surface area contributed by atoms with Gasteiger partial charge in [0.05, 0.1) is 6.61 Å². The minimum Gasteiger partial charge on any atom is -0.490 e. The van der Waals surface area contributed by atoms with Gasteiger partial charge >= 0.3 is 0 Å². The molecule has 0 radical (unpaired) electrons. The lowest BCUT2D eigenvalue weighted by atomic mass is 10.2. The number of ether oxygens (including phenoxy) is 4. The number of benzene rings is 2. The molecule has 0 aromatic heterocycles. The summed E-state index contributed by atoms with van der Waals surface area (Å²) in [6, 6.07) is 9.96. The first-order chi connectivity index (χ1) is 12.7.